The van der Waals surface area contributed by atoms with Crippen molar-refractivity contribution in [2.24, 2.45) is 5.73 Å². The van der Waals surface area contributed by atoms with Crippen molar-refractivity contribution in [1.29, 1.82) is 0 Å². The van der Waals surface area contributed by atoms with Gasteiger partial charge in [-0.25, -0.2) is 4.79 Å². The van der Waals surface area contributed by atoms with Gasteiger partial charge in [-0.3, -0.25) is 9.59 Å². The number of nitrogens with zero attached hydrogens (tertiary/aromatic N) is 1. The average molecular weight is 459 g/mol. The van der Waals surface area contributed by atoms with Crippen molar-refractivity contribution in [2.75, 3.05) is 6.61 Å². The van der Waals surface area contributed by atoms with Gasteiger partial charge in [0.05, 0.1) is 21.9 Å². The molecule has 3 aromatic rings. The van der Waals surface area contributed by atoms with Crippen molar-refractivity contribution in [1.82, 2.24) is 4.57 Å². The fourth-order valence-electron chi connectivity index (χ4n) is 3.08. The highest BCUT2D eigenvalue weighted by Gasteiger charge is 2.25. The molecule has 0 fully saturated rings. The first kappa shape index (κ1) is 20.6. The molecule has 1 aromatic heterocycles. The zero-order chi connectivity index (χ0) is 21.0. The van der Waals surface area contributed by atoms with E-state index < -0.39 is 17.7 Å². The summed E-state index contributed by atoms with van der Waals surface area (Å²) in [5.41, 5.74) is 7.91. The fraction of sp³-hybridized carbons (Fsp3) is 0.190. The normalized spacial score (nSPS) is 10.7. The van der Waals surface area contributed by atoms with Gasteiger partial charge in [0.25, 0.3) is 11.7 Å². The lowest BCUT2D eigenvalue weighted by Gasteiger charge is -2.09. The number of nitrogens with two attached hydrogens (primary N) is 1. The second-order valence-corrected chi connectivity index (χ2v) is 6.79. The van der Waals surface area contributed by atoms with E-state index >= 15 is 0 Å². The molecule has 0 spiro atoms. The molecule has 0 aliphatic heterocycles. The SMILES string of the molecule is Cc1c(C(=O)C(N)=O)c2c(OCC(=O)OCc3ccccc3)cccc2n1CBr. The minimum atomic E-state index is -1.06. The largest absolute Gasteiger partial charge is 0.481 e. The maximum Gasteiger partial charge on any atom is 0.344 e. The smallest absolute Gasteiger partial charge is 0.344 e. The number of hydrogen-bond acceptors (Lipinski definition) is 5. The molecule has 3 rings (SSSR count). The summed E-state index contributed by atoms with van der Waals surface area (Å²) in [6.45, 7) is 1.52. The summed E-state index contributed by atoms with van der Waals surface area (Å²) in [6.07, 6.45) is 0. The number of primary amides is 1. The number of fused-ring (bicyclic) bond motifs is 1. The van der Waals surface area contributed by atoms with E-state index in [9.17, 15) is 14.4 Å². The molecule has 0 unspecified atom stereocenters. The molecule has 0 saturated heterocycles. The van der Waals surface area contributed by atoms with Gasteiger partial charge in [0, 0.05) is 5.69 Å². The third-order valence-electron chi connectivity index (χ3n) is 4.47. The van der Waals surface area contributed by atoms with Crippen molar-refractivity contribution in [3.8, 4) is 5.75 Å². The number of benzene rings is 2. The topological polar surface area (TPSA) is 101 Å². The molecule has 2 N–H and O–H groups in total. The van der Waals surface area contributed by atoms with Gasteiger partial charge in [0.1, 0.15) is 12.4 Å². The van der Waals surface area contributed by atoms with E-state index in [4.69, 9.17) is 15.2 Å². The molecule has 29 heavy (non-hydrogen) atoms. The minimum absolute atomic E-state index is 0.137. The van der Waals surface area contributed by atoms with Gasteiger partial charge in [0.2, 0.25) is 0 Å². The highest BCUT2D eigenvalue weighted by atomic mass is 79.9. The lowest BCUT2D eigenvalue weighted by atomic mass is 10.1. The lowest BCUT2D eigenvalue weighted by Crippen LogP contribution is -2.24. The van der Waals surface area contributed by atoms with Gasteiger partial charge in [-0.05, 0) is 24.6 Å². The van der Waals surface area contributed by atoms with Crippen LogP contribution < -0.4 is 10.5 Å². The zero-order valence-corrected chi connectivity index (χ0v) is 17.3. The quantitative estimate of drug-likeness (QED) is 0.242. The molecular formula is C21H19BrN2O5. The molecular weight excluding hydrogens is 440 g/mol. The maximum atomic E-state index is 12.4. The van der Waals surface area contributed by atoms with Gasteiger partial charge in [-0.1, -0.05) is 52.3 Å². The summed E-state index contributed by atoms with van der Waals surface area (Å²) in [4.78, 5) is 36.0. The molecule has 0 atom stereocenters. The number of hydrogen-bond donors (Lipinski definition) is 1. The number of ketones is 1. The molecule has 0 aliphatic rings. The summed E-state index contributed by atoms with van der Waals surface area (Å²) in [6, 6.07) is 14.4. The maximum absolute atomic E-state index is 12.4. The Balaban J connectivity index is 1.85. The summed E-state index contributed by atoms with van der Waals surface area (Å²) < 4.78 is 12.7. The molecule has 2 aromatic carbocycles. The van der Waals surface area contributed by atoms with Crippen LogP contribution in [0.3, 0.4) is 0 Å². The first-order valence-electron chi connectivity index (χ1n) is 8.78. The number of rotatable bonds is 8. The first-order valence-corrected chi connectivity index (χ1v) is 9.90. The second-order valence-electron chi connectivity index (χ2n) is 6.29. The molecule has 7 nitrogen and oxygen atoms in total. The van der Waals surface area contributed by atoms with Crippen LogP contribution in [0.15, 0.2) is 48.5 Å². The van der Waals surface area contributed by atoms with Crippen molar-refractivity contribution < 1.29 is 23.9 Å². The van der Waals surface area contributed by atoms with Crippen LogP contribution in [0.1, 0.15) is 21.6 Å². The van der Waals surface area contributed by atoms with Crippen LogP contribution in [0, 0.1) is 6.92 Å². The number of amides is 1. The molecule has 0 bridgehead atoms. The average Bonchev–Trinajstić information content (AvgIpc) is 3.02. The van der Waals surface area contributed by atoms with Crippen LogP contribution in [-0.4, -0.2) is 28.8 Å². The van der Waals surface area contributed by atoms with Gasteiger partial charge in [-0.2, -0.15) is 0 Å². The minimum Gasteiger partial charge on any atom is -0.481 e. The van der Waals surface area contributed by atoms with E-state index in [1.54, 1.807) is 25.1 Å². The molecule has 1 heterocycles. The number of esters is 1. The Kier molecular flexibility index (Phi) is 6.33. The first-order chi connectivity index (χ1) is 13.9. The Morgan fingerprint density at radius 3 is 2.45 bits per heavy atom. The number of carbonyl (C=O) groups excluding carboxylic acids is 3. The summed E-state index contributed by atoms with van der Waals surface area (Å²) in [5, 5.41) is 0.434. The number of ether oxygens (including phenoxy) is 2. The predicted molar refractivity (Wildman–Crippen MR) is 111 cm³/mol. The van der Waals surface area contributed by atoms with Crippen LogP contribution in [-0.2, 0) is 26.4 Å². The Morgan fingerprint density at radius 1 is 1.07 bits per heavy atom. The Bertz CT molecular complexity index is 1080. The predicted octanol–water partition coefficient (Wildman–Crippen LogP) is 3.09. The van der Waals surface area contributed by atoms with Crippen molar-refractivity contribution in [3.63, 3.8) is 0 Å². The van der Waals surface area contributed by atoms with Gasteiger partial charge in [-0.15, -0.1) is 0 Å². The third kappa shape index (κ3) is 4.32. The van der Waals surface area contributed by atoms with Crippen LogP contribution in [0.5, 0.6) is 5.75 Å². The van der Waals surface area contributed by atoms with Gasteiger partial charge in [0.15, 0.2) is 6.61 Å². The van der Waals surface area contributed by atoms with Gasteiger partial charge >= 0.3 is 5.97 Å². The number of alkyl halides is 1. The summed E-state index contributed by atoms with van der Waals surface area (Å²) in [7, 11) is 0. The van der Waals surface area contributed by atoms with Crippen molar-refractivity contribution >= 4 is 44.5 Å². The van der Waals surface area contributed by atoms with E-state index in [1.165, 1.54) is 0 Å². The lowest BCUT2D eigenvalue weighted by molar-refractivity contribution is -0.147. The van der Waals surface area contributed by atoms with Crippen LogP contribution in [0.2, 0.25) is 0 Å². The van der Waals surface area contributed by atoms with E-state index in [0.29, 0.717) is 27.8 Å². The Labute approximate surface area is 175 Å². The van der Waals surface area contributed by atoms with Crippen LogP contribution in [0.4, 0.5) is 0 Å². The standard InChI is InChI=1S/C21H19BrN2O5/c1-13-18(20(26)21(23)27)19-15(24(13)12-22)8-5-9-16(19)28-11-17(25)29-10-14-6-3-2-4-7-14/h2-9H,10-12H2,1H3,(H2,23,27). The molecule has 0 saturated carbocycles. The van der Waals surface area contributed by atoms with E-state index in [1.807, 2.05) is 34.9 Å². The van der Waals surface area contributed by atoms with E-state index in [2.05, 4.69) is 15.9 Å². The number of Topliss-reactive ketones (excluding diaryl/α,β-unsaturated/α-hetero) is 1. The molecule has 0 aliphatic carbocycles. The van der Waals surface area contributed by atoms with Crippen molar-refractivity contribution in [3.05, 3.63) is 65.4 Å². The Hall–Kier alpha value is -3.13. The fourth-order valence-corrected chi connectivity index (χ4v) is 3.73. The molecule has 1 amide bonds. The van der Waals surface area contributed by atoms with E-state index in [-0.39, 0.29) is 18.8 Å². The molecule has 150 valence electrons. The van der Waals surface area contributed by atoms with Crippen molar-refractivity contribution in [2.45, 2.75) is 19.0 Å². The molecule has 8 heteroatoms. The monoisotopic (exact) mass is 458 g/mol. The molecule has 0 radical (unpaired) electrons. The zero-order valence-electron chi connectivity index (χ0n) is 15.7. The van der Waals surface area contributed by atoms with Gasteiger partial charge < -0.3 is 19.8 Å². The van der Waals surface area contributed by atoms with Crippen LogP contribution in [0.25, 0.3) is 10.9 Å². The Morgan fingerprint density at radius 2 is 1.79 bits per heavy atom. The highest BCUT2D eigenvalue weighted by molar-refractivity contribution is 9.08. The number of aromatic nitrogens is 1. The number of halogens is 1. The number of carbonyl (C=O) groups is 3. The third-order valence-corrected chi connectivity index (χ3v) is 4.97. The second kappa shape index (κ2) is 8.91. The van der Waals surface area contributed by atoms with Crippen LogP contribution >= 0.6 is 15.9 Å². The van der Waals surface area contributed by atoms with E-state index in [0.717, 1.165) is 5.56 Å². The summed E-state index contributed by atoms with van der Waals surface area (Å²) >= 11 is 3.38. The summed E-state index contributed by atoms with van der Waals surface area (Å²) in [5.74, 6) is -2.12. The highest BCUT2D eigenvalue weighted by Crippen LogP contribution is 2.34.